The second-order valence-corrected chi connectivity index (χ2v) is 4.69. The molecule has 1 N–H and O–H groups in total. The van der Waals surface area contributed by atoms with Crippen LogP contribution in [0.25, 0.3) is 0 Å². The molecule has 102 valence electrons. The van der Waals surface area contributed by atoms with Crippen molar-refractivity contribution in [3.63, 3.8) is 0 Å². The minimum absolute atomic E-state index is 0.446. The van der Waals surface area contributed by atoms with E-state index in [2.05, 4.69) is 27.1 Å². The van der Waals surface area contributed by atoms with Gasteiger partial charge in [-0.1, -0.05) is 18.5 Å². The SMILES string of the molecule is CCCNc1ncc(Cl)c(OCCCN(C)C)n1. The van der Waals surface area contributed by atoms with E-state index >= 15 is 0 Å². The quantitative estimate of drug-likeness (QED) is 0.736. The molecule has 0 bridgehead atoms. The van der Waals surface area contributed by atoms with E-state index in [-0.39, 0.29) is 0 Å². The van der Waals surface area contributed by atoms with Crippen LogP contribution in [0.15, 0.2) is 6.20 Å². The molecule has 0 aromatic carbocycles. The zero-order valence-electron chi connectivity index (χ0n) is 11.2. The molecule has 0 fully saturated rings. The third-order valence-electron chi connectivity index (χ3n) is 2.23. The van der Waals surface area contributed by atoms with Gasteiger partial charge in [0.2, 0.25) is 11.8 Å². The molecule has 18 heavy (non-hydrogen) atoms. The highest BCUT2D eigenvalue weighted by Gasteiger charge is 2.06. The molecule has 0 radical (unpaired) electrons. The van der Waals surface area contributed by atoms with Crippen molar-refractivity contribution in [1.82, 2.24) is 14.9 Å². The number of nitrogens with zero attached hydrogens (tertiary/aromatic N) is 3. The molecule has 0 saturated heterocycles. The average Bonchev–Trinajstić information content (AvgIpc) is 2.34. The Balaban J connectivity index is 2.47. The maximum atomic E-state index is 5.98. The Morgan fingerprint density at radius 2 is 2.22 bits per heavy atom. The summed E-state index contributed by atoms with van der Waals surface area (Å²) in [5, 5.41) is 3.55. The van der Waals surface area contributed by atoms with E-state index in [1.165, 1.54) is 0 Å². The minimum atomic E-state index is 0.446. The Morgan fingerprint density at radius 1 is 1.44 bits per heavy atom. The molecule has 1 heterocycles. The Labute approximate surface area is 114 Å². The number of nitrogens with one attached hydrogen (secondary N) is 1. The summed E-state index contributed by atoms with van der Waals surface area (Å²) in [5.41, 5.74) is 0. The van der Waals surface area contributed by atoms with E-state index in [9.17, 15) is 0 Å². The Kier molecular flexibility index (Phi) is 6.75. The fourth-order valence-corrected chi connectivity index (χ4v) is 1.47. The minimum Gasteiger partial charge on any atom is -0.476 e. The van der Waals surface area contributed by atoms with Gasteiger partial charge in [0.15, 0.2) is 0 Å². The van der Waals surface area contributed by atoms with Gasteiger partial charge in [-0.3, -0.25) is 0 Å². The van der Waals surface area contributed by atoms with Gasteiger partial charge in [0, 0.05) is 13.1 Å². The van der Waals surface area contributed by atoms with Crippen molar-refractivity contribution in [2.45, 2.75) is 19.8 Å². The Morgan fingerprint density at radius 3 is 2.89 bits per heavy atom. The molecule has 0 amide bonds. The summed E-state index contributed by atoms with van der Waals surface area (Å²) in [4.78, 5) is 10.4. The van der Waals surface area contributed by atoms with Crippen LogP contribution < -0.4 is 10.1 Å². The lowest BCUT2D eigenvalue weighted by Gasteiger charge is -2.11. The van der Waals surface area contributed by atoms with Crippen LogP contribution in [0.5, 0.6) is 5.88 Å². The van der Waals surface area contributed by atoms with Crippen LogP contribution in [-0.4, -0.2) is 48.7 Å². The molecule has 6 heteroatoms. The van der Waals surface area contributed by atoms with Gasteiger partial charge in [-0.05, 0) is 26.9 Å². The molecular weight excluding hydrogens is 252 g/mol. The largest absolute Gasteiger partial charge is 0.476 e. The van der Waals surface area contributed by atoms with Crippen molar-refractivity contribution in [1.29, 1.82) is 0 Å². The first kappa shape index (κ1) is 15.0. The molecule has 0 spiro atoms. The van der Waals surface area contributed by atoms with E-state index < -0.39 is 0 Å². The number of aromatic nitrogens is 2. The van der Waals surface area contributed by atoms with Crippen LogP contribution in [0.1, 0.15) is 19.8 Å². The first-order valence-electron chi connectivity index (χ1n) is 6.17. The number of anilines is 1. The van der Waals surface area contributed by atoms with Crippen molar-refractivity contribution >= 4 is 17.5 Å². The molecule has 0 unspecified atom stereocenters. The number of ether oxygens (including phenoxy) is 1. The lowest BCUT2D eigenvalue weighted by Crippen LogP contribution is -2.16. The molecular formula is C12H21ClN4O. The molecule has 0 saturated carbocycles. The van der Waals surface area contributed by atoms with Crippen molar-refractivity contribution in [3.05, 3.63) is 11.2 Å². The number of hydrogen-bond donors (Lipinski definition) is 1. The van der Waals surface area contributed by atoms with Gasteiger partial charge in [0.1, 0.15) is 5.02 Å². The molecule has 0 aliphatic carbocycles. The average molecular weight is 273 g/mol. The van der Waals surface area contributed by atoms with Crippen molar-refractivity contribution < 1.29 is 4.74 Å². The standard InChI is InChI=1S/C12H21ClN4O/c1-4-6-14-12-15-9-10(13)11(16-12)18-8-5-7-17(2)3/h9H,4-8H2,1-3H3,(H,14,15,16). The predicted molar refractivity (Wildman–Crippen MR) is 74.5 cm³/mol. The normalized spacial score (nSPS) is 10.7. The molecule has 1 aromatic heterocycles. The summed E-state index contributed by atoms with van der Waals surface area (Å²) in [6, 6.07) is 0. The van der Waals surface area contributed by atoms with Crippen LogP contribution in [-0.2, 0) is 0 Å². The third-order valence-corrected chi connectivity index (χ3v) is 2.49. The van der Waals surface area contributed by atoms with Crippen LogP contribution in [0.3, 0.4) is 0 Å². The molecule has 0 aliphatic rings. The lowest BCUT2D eigenvalue weighted by atomic mass is 10.4. The molecule has 1 aromatic rings. The summed E-state index contributed by atoms with van der Waals surface area (Å²) in [6.07, 6.45) is 3.52. The van der Waals surface area contributed by atoms with E-state index in [4.69, 9.17) is 16.3 Å². The van der Waals surface area contributed by atoms with Gasteiger partial charge in [0.05, 0.1) is 12.8 Å². The number of rotatable bonds is 8. The van der Waals surface area contributed by atoms with E-state index in [0.29, 0.717) is 23.5 Å². The highest BCUT2D eigenvalue weighted by Crippen LogP contribution is 2.21. The van der Waals surface area contributed by atoms with Crippen molar-refractivity contribution in [3.8, 4) is 5.88 Å². The van der Waals surface area contributed by atoms with Crippen molar-refractivity contribution in [2.75, 3.05) is 39.1 Å². The maximum absolute atomic E-state index is 5.98. The van der Waals surface area contributed by atoms with Gasteiger partial charge in [0.25, 0.3) is 0 Å². The number of hydrogen-bond acceptors (Lipinski definition) is 5. The molecule has 1 rings (SSSR count). The smallest absolute Gasteiger partial charge is 0.237 e. The van der Waals surface area contributed by atoms with Crippen LogP contribution in [0, 0.1) is 0 Å². The van der Waals surface area contributed by atoms with E-state index in [1.54, 1.807) is 6.20 Å². The highest BCUT2D eigenvalue weighted by atomic mass is 35.5. The van der Waals surface area contributed by atoms with Gasteiger partial charge < -0.3 is 15.0 Å². The van der Waals surface area contributed by atoms with Gasteiger partial charge in [-0.15, -0.1) is 0 Å². The summed E-state index contributed by atoms with van der Waals surface area (Å²) in [5.74, 6) is 1.01. The first-order chi connectivity index (χ1) is 8.63. The second kappa shape index (κ2) is 8.11. The highest BCUT2D eigenvalue weighted by molar-refractivity contribution is 6.31. The van der Waals surface area contributed by atoms with Crippen LogP contribution in [0.2, 0.25) is 5.02 Å². The first-order valence-corrected chi connectivity index (χ1v) is 6.55. The molecule has 0 atom stereocenters. The molecule has 5 nitrogen and oxygen atoms in total. The monoisotopic (exact) mass is 272 g/mol. The molecule has 0 aliphatic heterocycles. The summed E-state index contributed by atoms with van der Waals surface area (Å²) in [7, 11) is 4.06. The zero-order valence-corrected chi connectivity index (χ0v) is 12.0. The summed E-state index contributed by atoms with van der Waals surface area (Å²) >= 11 is 5.98. The second-order valence-electron chi connectivity index (χ2n) is 4.28. The summed E-state index contributed by atoms with van der Waals surface area (Å²) < 4.78 is 5.56. The fraction of sp³-hybridized carbons (Fsp3) is 0.667. The third kappa shape index (κ3) is 5.51. The van der Waals surface area contributed by atoms with Gasteiger partial charge in [-0.25, -0.2) is 4.98 Å². The van der Waals surface area contributed by atoms with Crippen molar-refractivity contribution in [2.24, 2.45) is 0 Å². The zero-order chi connectivity index (χ0) is 13.4. The Bertz CT molecular complexity index is 360. The van der Waals surface area contributed by atoms with E-state index in [0.717, 1.165) is 25.9 Å². The predicted octanol–water partition coefficient (Wildman–Crippen LogP) is 2.28. The van der Waals surface area contributed by atoms with E-state index in [1.807, 2.05) is 14.1 Å². The topological polar surface area (TPSA) is 50.3 Å². The van der Waals surface area contributed by atoms with Gasteiger partial charge in [-0.2, -0.15) is 4.98 Å². The van der Waals surface area contributed by atoms with Crippen LogP contribution in [0.4, 0.5) is 5.95 Å². The number of halogens is 1. The Hall–Kier alpha value is -1.07. The maximum Gasteiger partial charge on any atom is 0.237 e. The lowest BCUT2D eigenvalue weighted by molar-refractivity contribution is 0.273. The fourth-order valence-electron chi connectivity index (χ4n) is 1.32. The summed E-state index contributed by atoms with van der Waals surface area (Å²) in [6.45, 7) is 4.50. The van der Waals surface area contributed by atoms with Crippen LogP contribution >= 0.6 is 11.6 Å². The van der Waals surface area contributed by atoms with Gasteiger partial charge >= 0.3 is 0 Å².